The molecule has 0 spiro atoms. The van der Waals surface area contributed by atoms with Crippen LogP contribution in [0.5, 0.6) is 0 Å². The van der Waals surface area contributed by atoms with Gasteiger partial charge in [-0.25, -0.2) is 4.79 Å². The smallest absolute Gasteiger partial charge is 0.445 e. The van der Waals surface area contributed by atoms with E-state index in [0.717, 1.165) is 11.3 Å². The van der Waals surface area contributed by atoms with E-state index in [1.54, 1.807) is 6.07 Å². The minimum absolute atomic E-state index is 0.370. The molecule has 1 atom stereocenters. The van der Waals surface area contributed by atoms with Gasteiger partial charge in [0.1, 0.15) is 23.5 Å². The lowest BCUT2D eigenvalue weighted by Gasteiger charge is -2.09. The first-order chi connectivity index (χ1) is 8.08. The number of amides is 2. The number of carbonyl (C=O) groups excluding carboxylic acids is 2. The van der Waals surface area contributed by atoms with Gasteiger partial charge in [0, 0.05) is 4.88 Å². The predicted octanol–water partition coefficient (Wildman–Crippen LogP) is 1.09. The third-order valence-corrected chi connectivity index (χ3v) is 2.98. The molecule has 88 valence electrons. The number of nitroso groups, excluding NO2 is 1. The summed E-state index contributed by atoms with van der Waals surface area (Å²) < 4.78 is 4.42. The lowest BCUT2D eigenvalue weighted by Crippen LogP contribution is -2.25. The zero-order valence-electron chi connectivity index (χ0n) is 8.45. The van der Waals surface area contributed by atoms with E-state index < -0.39 is 17.9 Å². The average Bonchev–Trinajstić information content (AvgIpc) is 2.77. The number of rotatable bonds is 4. The minimum atomic E-state index is -1.31. The normalized spacial score (nSPS) is 11.2. The number of hydrogen-bond donors (Lipinski definition) is 1. The van der Waals surface area contributed by atoms with Gasteiger partial charge in [0.05, 0.1) is 5.18 Å². The Morgan fingerprint density at radius 2 is 2.29 bits per heavy atom. The topological polar surface area (TPSA) is 123 Å². The fourth-order valence-corrected chi connectivity index (χ4v) is 1.98. The van der Waals surface area contributed by atoms with Gasteiger partial charge >= 0.3 is 6.09 Å². The number of carbonyl (C=O) groups is 2. The van der Waals surface area contributed by atoms with Crippen molar-refractivity contribution in [1.82, 2.24) is 0 Å². The Kier molecular flexibility index (Phi) is 4.30. The van der Waals surface area contributed by atoms with Crippen LogP contribution in [-0.2, 0) is 9.53 Å². The lowest BCUT2D eigenvalue weighted by molar-refractivity contribution is -0.120. The Hall–Kier alpha value is -2.27. The van der Waals surface area contributed by atoms with Crippen LogP contribution in [0.1, 0.15) is 15.7 Å². The lowest BCUT2D eigenvalue weighted by atomic mass is 10.1. The third kappa shape index (κ3) is 3.35. The fraction of sp³-hybridized carbons (Fsp3) is 0.222. The first-order valence-electron chi connectivity index (χ1n) is 4.37. The van der Waals surface area contributed by atoms with Gasteiger partial charge in [-0.3, -0.25) is 4.79 Å². The van der Waals surface area contributed by atoms with Crippen molar-refractivity contribution in [2.24, 2.45) is 10.9 Å². The van der Waals surface area contributed by atoms with E-state index in [-0.39, 0.29) is 6.61 Å². The molecule has 0 saturated heterocycles. The van der Waals surface area contributed by atoms with Crippen LogP contribution in [0.25, 0.3) is 0 Å². The second-order valence-corrected chi connectivity index (χ2v) is 4.05. The summed E-state index contributed by atoms with van der Waals surface area (Å²) in [5, 5.41) is 10.7. The molecule has 8 heteroatoms. The van der Waals surface area contributed by atoms with Crippen LogP contribution in [0.4, 0.5) is 4.79 Å². The molecule has 0 saturated carbocycles. The van der Waals surface area contributed by atoms with Crippen molar-refractivity contribution in [3.05, 3.63) is 26.8 Å². The van der Waals surface area contributed by atoms with E-state index >= 15 is 0 Å². The summed E-state index contributed by atoms with van der Waals surface area (Å²) >= 11 is 1.07. The van der Waals surface area contributed by atoms with Gasteiger partial charge in [0.2, 0.25) is 5.91 Å². The maximum absolute atomic E-state index is 11.1. The third-order valence-electron chi connectivity index (χ3n) is 1.87. The van der Waals surface area contributed by atoms with E-state index in [2.05, 4.69) is 4.74 Å². The van der Waals surface area contributed by atoms with Crippen LogP contribution >= 0.6 is 11.3 Å². The number of nitrogens with two attached hydrogens (primary N) is 1. The Labute approximate surface area is 99.8 Å². The van der Waals surface area contributed by atoms with Crippen molar-refractivity contribution in [3.63, 3.8) is 0 Å². The van der Waals surface area contributed by atoms with Crippen LogP contribution in [-0.4, -0.2) is 18.6 Å². The second-order valence-electron chi connectivity index (χ2n) is 2.94. The summed E-state index contributed by atoms with van der Waals surface area (Å²) in [6.45, 7) is -0.370. The van der Waals surface area contributed by atoms with Crippen molar-refractivity contribution in [1.29, 1.82) is 5.26 Å². The molecule has 1 unspecified atom stereocenters. The number of ether oxygens (including phenoxy) is 1. The highest BCUT2D eigenvalue weighted by molar-refractivity contribution is 7.12. The molecule has 0 aliphatic heterocycles. The number of nitriles is 1. The zero-order valence-corrected chi connectivity index (χ0v) is 9.27. The van der Waals surface area contributed by atoms with Gasteiger partial charge in [-0.15, -0.1) is 16.2 Å². The number of primary amides is 1. The number of nitrogens with zero attached hydrogens (tertiary/aromatic N) is 2. The van der Waals surface area contributed by atoms with Gasteiger partial charge in [-0.1, -0.05) is 0 Å². The zero-order chi connectivity index (χ0) is 12.8. The second kappa shape index (κ2) is 5.72. The molecule has 0 radical (unpaired) electrons. The highest BCUT2D eigenvalue weighted by Gasteiger charge is 2.22. The van der Waals surface area contributed by atoms with Crippen molar-refractivity contribution in [3.8, 4) is 6.07 Å². The van der Waals surface area contributed by atoms with E-state index in [9.17, 15) is 14.5 Å². The summed E-state index contributed by atoms with van der Waals surface area (Å²) in [6.07, 6.45) is -1.31. The molecule has 7 nitrogen and oxygen atoms in total. The van der Waals surface area contributed by atoms with Gasteiger partial charge < -0.3 is 10.5 Å². The van der Waals surface area contributed by atoms with Crippen LogP contribution in [0, 0.1) is 16.2 Å². The van der Waals surface area contributed by atoms with Crippen molar-refractivity contribution < 1.29 is 14.3 Å². The van der Waals surface area contributed by atoms with Crippen LogP contribution in [0.2, 0.25) is 0 Å². The molecule has 0 fully saturated rings. The Bertz CT molecular complexity index is 491. The van der Waals surface area contributed by atoms with Crippen molar-refractivity contribution in [2.45, 2.75) is 5.92 Å². The predicted molar refractivity (Wildman–Crippen MR) is 58.1 cm³/mol. The molecule has 1 rings (SSSR count). The van der Waals surface area contributed by atoms with E-state index in [1.807, 2.05) is 11.2 Å². The molecule has 1 heterocycles. The van der Waals surface area contributed by atoms with E-state index in [1.165, 1.54) is 6.07 Å². The highest BCUT2D eigenvalue weighted by Crippen LogP contribution is 2.24. The first kappa shape index (κ1) is 12.8. The van der Waals surface area contributed by atoms with Gasteiger partial charge in [-0.2, -0.15) is 5.26 Å². The number of thiophene rings is 1. The van der Waals surface area contributed by atoms with Crippen LogP contribution < -0.4 is 5.73 Å². The first-order valence-corrected chi connectivity index (χ1v) is 5.19. The summed E-state index contributed by atoms with van der Waals surface area (Å²) in [6, 6.07) is 4.97. The van der Waals surface area contributed by atoms with Crippen molar-refractivity contribution in [2.75, 3.05) is 6.61 Å². The molecule has 1 aromatic rings. The summed E-state index contributed by atoms with van der Waals surface area (Å²) in [5.74, 6) is -1.59. The maximum Gasteiger partial charge on any atom is 0.470 e. The van der Waals surface area contributed by atoms with Gasteiger partial charge in [0.15, 0.2) is 0 Å². The Morgan fingerprint density at radius 3 is 2.76 bits per heavy atom. The summed E-state index contributed by atoms with van der Waals surface area (Å²) in [7, 11) is 0. The van der Waals surface area contributed by atoms with Crippen molar-refractivity contribution >= 4 is 23.3 Å². The average molecular weight is 253 g/mol. The Balaban J connectivity index is 2.79. The number of hydrogen-bond acceptors (Lipinski definition) is 6. The van der Waals surface area contributed by atoms with Gasteiger partial charge in [0.25, 0.3) is 0 Å². The molecule has 2 amide bonds. The van der Waals surface area contributed by atoms with Crippen LogP contribution in [0.15, 0.2) is 17.3 Å². The van der Waals surface area contributed by atoms with Gasteiger partial charge in [-0.05, 0) is 12.1 Å². The summed E-state index contributed by atoms with van der Waals surface area (Å²) in [5.41, 5.74) is 5.13. The highest BCUT2D eigenvalue weighted by atomic mass is 32.1. The monoisotopic (exact) mass is 253 g/mol. The van der Waals surface area contributed by atoms with E-state index in [0.29, 0.717) is 9.75 Å². The van der Waals surface area contributed by atoms with E-state index in [4.69, 9.17) is 11.0 Å². The maximum atomic E-state index is 11.1. The molecular formula is C9H7N3O4S. The molecule has 0 aliphatic carbocycles. The molecule has 0 bridgehead atoms. The molecule has 1 aromatic heterocycles. The molecule has 2 N–H and O–H groups in total. The Morgan fingerprint density at radius 1 is 1.59 bits per heavy atom. The quantitative estimate of drug-likeness (QED) is 0.804. The fourth-order valence-electron chi connectivity index (χ4n) is 1.09. The standard InChI is InChI=1S/C9H7N3O4S/c10-3-5-1-2-7(17-5)6(8(11)13)4-16-9(14)12-15/h1-2,6H,4H2,(H2,11,13). The van der Waals surface area contributed by atoms with Crippen LogP contribution in [0.3, 0.4) is 0 Å². The SMILES string of the molecule is N#Cc1ccc(C(COC(=O)N=O)C(N)=O)s1. The largest absolute Gasteiger partial charge is 0.470 e. The molecular weight excluding hydrogens is 246 g/mol. The molecule has 0 aliphatic rings. The minimum Gasteiger partial charge on any atom is -0.445 e. The molecule has 17 heavy (non-hydrogen) atoms. The summed E-state index contributed by atoms with van der Waals surface area (Å²) in [4.78, 5) is 32.4. The molecule has 0 aromatic carbocycles.